The van der Waals surface area contributed by atoms with Gasteiger partial charge in [-0.05, 0) is 30.9 Å². The van der Waals surface area contributed by atoms with E-state index < -0.39 is 15.8 Å². The molecule has 0 heterocycles. The van der Waals surface area contributed by atoms with Crippen LogP contribution in [0.3, 0.4) is 0 Å². The van der Waals surface area contributed by atoms with E-state index in [9.17, 15) is 13.2 Å². The molecule has 0 aromatic heterocycles. The van der Waals surface area contributed by atoms with E-state index in [1.807, 2.05) is 0 Å². The Morgan fingerprint density at radius 1 is 1.26 bits per heavy atom. The molecule has 1 N–H and O–H groups in total. The Hall–Kier alpha value is -0.780. The first-order valence-corrected chi connectivity index (χ1v) is 8.17. The monoisotopic (exact) mass is 322 g/mol. The molecule has 0 amide bonds. The van der Waals surface area contributed by atoms with Crippen LogP contribution in [0.15, 0.2) is 17.0 Å². The van der Waals surface area contributed by atoms with Crippen molar-refractivity contribution in [2.75, 3.05) is 5.75 Å². The van der Waals surface area contributed by atoms with Crippen molar-refractivity contribution in [3.8, 4) is 0 Å². The number of carboxylic acid groups (broad SMARTS) is 1. The van der Waals surface area contributed by atoms with E-state index in [0.717, 1.165) is 25.3 Å². The second-order valence-electron chi connectivity index (χ2n) is 4.65. The molecule has 104 valence electrons. The zero-order valence-corrected chi connectivity index (χ0v) is 12.2. The maximum absolute atomic E-state index is 12.2. The summed E-state index contributed by atoms with van der Waals surface area (Å²) in [6, 6.07) is 2.21. The number of carboxylic acids is 1. The second-order valence-corrected chi connectivity index (χ2v) is 7.46. The third-order valence-corrected chi connectivity index (χ3v) is 5.92. The minimum absolute atomic E-state index is 0.00735. The number of rotatable bonds is 4. The number of hydrogen-bond donors (Lipinski definition) is 1. The largest absolute Gasteiger partial charge is 0.478 e. The van der Waals surface area contributed by atoms with Crippen LogP contribution in [0.4, 0.5) is 0 Å². The lowest BCUT2D eigenvalue weighted by molar-refractivity contribution is 0.0697. The van der Waals surface area contributed by atoms with E-state index in [4.69, 9.17) is 28.3 Å². The fourth-order valence-electron chi connectivity index (χ4n) is 1.99. The van der Waals surface area contributed by atoms with E-state index in [2.05, 4.69) is 0 Å². The lowest BCUT2D eigenvalue weighted by Crippen LogP contribution is -2.22. The lowest BCUT2D eigenvalue weighted by atomic mass is 9.87. The van der Waals surface area contributed by atoms with Gasteiger partial charge in [0.05, 0.1) is 26.3 Å². The van der Waals surface area contributed by atoms with Crippen LogP contribution in [0.25, 0.3) is 0 Å². The molecule has 0 unspecified atom stereocenters. The van der Waals surface area contributed by atoms with Gasteiger partial charge < -0.3 is 5.11 Å². The number of aromatic carboxylic acids is 1. The Bertz CT molecular complexity index is 621. The average Bonchev–Trinajstić information content (AvgIpc) is 2.22. The Morgan fingerprint density at radius 2 is 1.89 bits per heavy atom. The minimum atomic E-state index is -3.58. The van der Waals surface area contributed by atoms with Crippen LogP contribution in [0.1, 0.15) is 29.6 Å². The van der Waals surface area contributed by atoms with Crippen molar-refractivity contribution in [2.45, 2.75) is 24.2 Å². The molecule has 1 saturated carbocycles. The van der Waals surface area contributed by atoms with E-state index in [1.165, 1.54) is 6.07 Å². The van der Waals surface area contributed by atoms with E-state index >= 15 is 0 Å². The van der Waals surface area contributed by atoms with Crippen molar-refractivity contribution in [3.05, 3.63) is 27.7 Å². The van der Waals surface area contributed by atoms with Crippen LogP contribution in [0, 0.1) is 5.92 Å². The highest BCUT2D eigenvalue weighted by Crippen LogP contribution is 2.34. The van der Waals surface area contributed by atoms with Crippen LogP contribution in [0.2, 0.25) is 10.0 Å². The molecule has 0 saturated heterocycles. The molecule has 0 aliphatic heterocycles. The molecule has 2 rings (SSSR count). The molecule has 1 aliphatic carbocycles. The van der Waals surface area contributed by atoms with Gasteiger partial charge >= 0.3 is 5.97 Å². The molecule has 0 bridgehead atoms. The predicted octanol–water partition coefficient (Wildman–Crippen LogP) is 3.27. The first kappa shape index (κ1) is 14.6. The number of sulfone groups is 1. The van der Waals surface area contributed by atoms with Gasteiger partial charge in [-0.1, -0.05) is 29.6 Å². The summed E-state index contributed by atoms with van der Waals surface area (Å²) in [6.45, 7) is 0. The lowest BCUT2D eigenvalue weighted by Gasteiger charge is -2.25. The molecule has 0 radical (unpaired) electrons. The van der Waals surface area contributed by atoms with Crippen LogP contribution >= 0.6 is 23.2 Å². The fraction of sp³-hybridized carbons (Fsp3) is 0.417. The quantitative estimate of drug-likeness (QED) is 0.923. The van der Waals surface area contributed by atoms with Gasteiger partial charge in [-0.25, -0.2) is 13.2 Å². The van der Waals surface area contributed by atoms with E-state index in [0.29, 0.717) is 0 Å². The van der Waals surface area contributed by atoms with Gasteiger partial charge in [-0.2, -0.15) is 0 Å². The summed E-state index contributed by atoms with van der Waals surface area (Å²) >= 11 is 11.6. The van der Waals surface area contributed by atoms with E-state index in [-0.39, 0.29) is 32.2 Å². The van der Waals surface area contributed by atoms with Gasteiger partial charge in [-0.3, -0.25) is 0 Å². The van der Waals surface area contributed by atoms with Crippen LogP contribution in [-0.4, -0.2) is 25.2 Å². The van der Waals surface area contributed by atoms with Crippen LogP contribution < -0.4 is 0 Å². The van der Waals surface area contributed by atoms with Crippen molar-refractivity contribution >= 4 is 39.0 Å². The van der Waals surface area contributed by atoms with Gasteiger partial charge in [0.15, 0.2) is 9.84 Å². The molecule has 0 spiro atoms. The van der Waals surface area contributed by atoms with Gasteiger partial charge in [0.2, 0.25) is 0 Å². The molecule has 7 heteroatoms. The highest BCUT2D eigenvalue weighted by atomic mass is 35.5. The summed E-state index contributed by atoms with van der Waals surface area (Å²) in [5.74, 6) is -1.13. The van der Waals surface area contributed by atoms with Gasteiger partial charge in [0, 0.05) is 0 Å². The highest BCUT2D eigenvalue weighted by molar-refractivity contribution is 7.91. The predicted molar refractivity (Wildman–Crippen MR) is 72.8 cm³/mol. The zero-order valence-electron chi connectivity index (χ0n) is 9.90. The number of hydrogen-bond acceptors (Lipinski definition) is 3. The number of halogens is 2. The Balaban J connectivity index is 2.43. The van der Waals surface area contributed by atoms with Gasteiger partial charge in [0.25, 0.3) is 0 Å². The van der Waals surface area contributed by atoms with E-state index in [1.54, 1.807) is 0 Å². The molecule has 1 fully saturated rings. The molecule has 19 heavy (non-hydrogen) atoms. The van der Waals surface area contributed by atoms with Crippen molar-refractivity contribution in [1.29, 1.82) is 0 Å². The third-order valence-electron chi connectivity index (χ3n) is 3.27. The van der Waals surface area contributed by atoms with Crippen molar-refractivity contribution in [1.82, 2.24) is 0 Å². The second kappa shape index (κ2) is 5.31. The van der Waals surface area contributed by atoms with Gasteiger partial charge in [0.1, 0.15) is 0 Å². The summed E-state index contributed by atoms with van der Waals surface area (Å²) < 4.78 is 24.4. The Labute approximate surface area is 121 Å². The summed E-state index contributed by atoms with van der Waals surface area (Å²) in [6.07, 6.45) is 2.81. The van der Waals surface area contributed by atoms with Crippen LogP contribution in [0.5, 0.6) is 0 Å². The van der Waals surface area contributed by atoms with Crippen molar-refractivity contribution < 1.29 is 18.3 Å². The Kier molecular flexibility index (Phi) is 4.08. The molecular formula is C12H12Cl2O4S. The Morgan fingerprint density at radius 3 is 2.37 bits per heavy atom. The molecule has 1 aromatic carbocycles. The molecule has 4 nitrogen and oxygen atoms in total. The highest BCUT2D eigenvalue weighted by Gasteiger charge is 2.28. The average molecular weight is 323 g/mol. The normalized spacial score (nSPS) is 16.1. The molecule has 1 aliphatic rings. The summed E-state index contributed by atoms with van der Waals surface area (Å²) in [4.78, 5) is 10.8. The number of carbonyl (C=O) groups is 1. The SMILES string of the molecule is O=C(O)c1cc(S(=O)(=O)CC2CCC2)c(Cl)cc1Cl. The fourth-order valence-corrected chi connectivity index (χ4v) is 4.59. The third kappa shape index (κ3) is 3.04. The smallest absolute Gasteiger partial charge is 0.337 e. The summed E-state index contributed by atoms with van der Waals surface area (Å²) in [5, 5.41) is 8.86. The molecule has 0 atom stereocenters. The maximum atomic E-state index is 12.2. The molecular weight excluding hydrogens is 311 g/mol. The summed E-state index contributed by atoms with van der Waals surface area (Å²) in [5.41, 5.74) is -0.252. The summed E-state index contributed by atoms with van der Waals surface area (Å²) in [7, 11) is -3.58. The van der Waals surface area contributed by atoms with Crippen molar-refractivity contribution in [3.63, 3.8) is 0 Å². The minimum Gasteiger partial charge on any atom is -0.478 e. The molecule has 1 aromatic rings. The first-order valence-electron chi connectivity index (χ1n) is 5.76. The first-order chi connectivity index (χ1) is 8.81. The standard InChI is InChI=1S/C12H12Cl2O4S/c13-9-5-10(14)11(4-8(9)12(15)16)19(17,18)6-7-2-1-3-7/h4-5,7H,1-3,6H2,(H,15,16). The van der Waals surface area contributed by atoms with Crippen molar-refractivity contribution in [2.24, 2.45) is 5.92 Å². The van der Waals surface area contributed by atoms with Crippen LogP contribution in [-0.2, 0) is 9.84 Å². The maximum Gasteiger partial charge on any atom is 0.337 e. The topological polar surface area (TPSA) is 71.4 Å². The zero-order chi connectivity index (χ0) is 14.2. The van der Waals surface area contributed by atoms with Gasteiger partial charge in [-0.15, -0.1) is 0 Å². The number of benzene rings is 1.